The summed E-state index contributed by atoms with van der Waals surface area (Å²) in [5, 5.41) is 11.4. The van der Waals surface area contributed by atoms with Crippen molar-refractivity contribution < 1.29 is 23.8 Å². The molecule has 19 heavy (non-hydrogen) atoms. The first-order valence-electron chi connectivity index (χ1n) is 5.63. The number of hydrogen-bond acceptors (Lipinski definition) is 3. The lowest BCUT2D eigenvalue weighted by molar-refractivity contribution is -0.153. The van der Waals surface area contributed by atoms with E-state index in [-0.39, 0.29) is 6.54 Å². The minimum atomic E-state index is -1.54. The Balaban J connectivity index is 2.80. The van der Waals surface area contributed by atoms with Gasteiger partial charge in [0.2, 0.25) is 5.91 Å². The topological polar surface area (TPSA) is 75.6 Å². The van der Waals surface area contributed by atoms with Crippen LogP contribution in [0.5, 0.6) is 5.75 Å². The highest BCUT2D eigenvalue weighted by molar-refractivity contribution is 6.00. The zero-order valence-corrected chi connectivity index (χ0v) is 11.0. The molecule has 0 radical (unpaired) electrons. The van der Waals surface area contributed by atoms with Crippen molar-refractivity contribution >= 4 is 11.9 Å². The maximum Gasteiger partial charge on any atom is 0.318 e. The van der Waals surface area contributed by atoms with Crippen molar-refractivity contribution in [1.82, 2.24) is 5.32 Å². The molecule has 5 nitrogen and oxygen atoms in total. The Kier molecular flexibility index (Phi) is 4.47. The van der Waals surface area contributed by atoms with Crippen LogP contribution in [0.3, 0.4) is 0 Å². The Morgan fingerprint density at radius 2 is 2.05 bits per heavy atom. The predicted molar refractivity (Wildman–Crippen MR) is 66.2 cm³/mol. The molecule has 0 aliphatic carbocycles. The smallest absolute Gasteiger partial charge is 0.318 e. The van der Waals surface area contributed by atoms with Gasteiger partial charge in [-0.15, -0.1) is 0 Å². The number of carboxylic acids is 1. The molecule has 0 saturated heterocycles. The van der Waals surface area contributed by atoms with Gasteiger partial charge in [-0.05, 0) is 32.0 Å². The molecule has 1 aromatic carbocycles. The van der Waals surface area contributed by atoms with E-state index < -0.39 is 23.1 Å². The van der Waals surface area contributed by atoms with Gasteiger partial charge in [-0.2, -0.15) is 0 Å². The third-order valence-corrected chi connectivity index (χ3v) is 2.78. The molecule has 1 amide bonds. The second-order valence-electron chi connectivity index (χ2n) is 4.57. The summed E-state index contributed by atoms with van der Waals surface area (Å²) >= 11 is 0. The Hall–Kier alpha value is -2.11. The summed E-state index contributed by atoms with van der Waals surface area (Å²) in [6.07, 6.45) is 0. The summed E-state index contributed by atoms with van der Waals surface area (Å²) in [7, 11) is 1.43. The highest BCUT2D eigenvalue weighted by Crippen LogP contribution is 2.20. The number of carbonyl (C=O) groups excluding carboxylic acids is 1. The van der Waals surface area contributed by atoms with E-state index in [0.717, 1.165) is 0 Å². The maximum absolute atomic E-state index is 13.1. The lowest BCUT2D eigenvalue weighted by Crippen LogP contribution is -2.42. The molecule has 0 spiro atoms. The number of rotatable bonds is 5. The molecule has 0 unspecified atom stereocenters. The Labute approximate surface area is 110 Å². The molecule has 0 atom stereocenters. The van der Waals surface area contributed by atoms with Crippen LogP contribution in [-0.4, -0.2) is 24.1 Å². The third-order valence-electron chi connectivity index (χ3n) is 2.78. The van der Waals surface area contributed by atoms with Crippen LogP contribution in [0.1, 0.15) is 19.4 Å². The van der Waals surface area contributed by atoms with E-state index in [1.54, 1.807) is 0 Å². The molecule has 0 bridgehead atoms. The van der Waals surface area contributed by atoms with Gasteiger partial charge in [0.25, 0.3) is 0 Å². The van der Waals surface area contributed by atoms with Gasteiger partial charge >= 0.3 is 5.97 Å². The minimum absolute atomic E-state index is 0.00350. The van der Waals surface area contributed by atoms with Crippen molar-refractivity contribution in [1.29, 1.82) is 0 Å². The van der Waals surface area contributed by atoms with Gasteiger partial charge in [0.15, 0.2) is 0 Å². The van der Waals surface area contributed by atoms with Crippen LogP contribution in [0.2, 0.25) is 0 Å². The fourth-order valence-corrected chi connectivity index (χ4v) is 1.38. The Bertz CT molecular complexity index is 499. The monoisotopic (exact) mass is 269 g/mol. The predicted octanol–water partition coefficient (Wildman–Crippen LogP) is 1.56. The maximum atomic E-state index is 13.1. The Morgan fingerprint density at radius 1 is 1.42 bits per heavy atom. The van der Waals surface area contributed by atoms with Crippen molar-refractivity contribution in [2.75, 3.05) is 7.11 Å². The molecular formula is C13H16FNO4. The van der Waals surface area contributed by atoms with Gasteiger partial charge < -0.3 is 15.2 Å². The van der Waals surface area contributed by atoms with E-state index in [9.17, 15) is 14.0 Å². The summed E-state index contributed by atoms with van der Waals surface area (Å²) in [5.41, 5.74) is -1.10. The molecule has 1 aromatic rings. The SMILES string of the molecule is COc1ccc(F)cc1CNC(=O)C(C)(C)C(=O)O. The standard InChI is InChI=1S/C13H16FNO4/c1-13(2,12(17)18)11(16)15-7-8-6-9(14)4-5-10(8)19-3/h4-6H,7H2,1-3H3,(H,15,16)(H,17,18). The van der Waals surface area contributed by atoms with E-state index in [1.165, 1.54) is 39.2 Å². The highest BCUT2D eigenvalue weighted by atomic mass is 19.1. The van der Waals surface area contributed by atoms with E-state index in [0.29, 0.717) is 11.3 Å². The number of hydrogen-bond donors (Lipinski definition) is 2. The van der Waals surface area contributed by atoms with Crippen LogP contribution < -0.4 is 10.1 Å². The number of ether oxygens (including phenoxy) is 1. The average Bonchev–Trinajstić information content (AvgIpc) is 2.35. The van der Waals surface area contributed by atoms with Gasteiger partial charge in [0, 0.05) is 12.1 Å². The minimum Gasteiger partial charge on any atom is -0.496 e. The van der Waals surface area contributed by atoms with E-state index >= 15 is 0 Å². The van der Waals surface area contributed by atoms with Crippen molar-refractivity contribution in [2.45, 2.75) is 20.4 Å². The van der Waals surface area contributed by atoms with Crippen molar-refractivity contribution in [3.63, 3.8) is 0 Å². The number of carboxylic acid groups (broad SMARTS) is 1. The summed E-state index contributed by atoms with van der Waals surface area (Å²) < 4.78 is 18.1. The van der Waals surface area contributed by atoms with Crippen LogP contribution in [0, 0.1) is 11.2 Å². The lowest BCUT2D eigenvalue weighted by Gasteiger charge is -2.19. The summed E-state index contributed by atoms with van der Waals surface area (Å²) in [6.45, 7) is 2.59. The molecule has 1 rings (SSSR count). The van der Waals surface area contributed by atoms with Crippen molar-refractivity contribution in [2.24, 2.45) is 5.41 Å². The van der Waals surface area contributed by atoms with Crippen LogP contribution in [0.4, 0.5) is 4.39 Å². The molecule has 0 aromatic heterocycles. The number of halogens is 1. The number of benzene rings is 1. The quantitative estimate of drug-likeness (QED) is 0.795. The first-order valence-corrected chi connectivity index (χ1v) is 5.63. The lowest BCUT2D eigenvalue weighted by atomic mass is 9.92. The molecule has 2 N–H and O–H groups in total. The molecule has 0 heterocycles. The molecule has 0 aliphatic heterocycles. The van der Waals surface area contributed by atoms with E-state index in [2.05, 4.69) is 5.32 Å². The zero-order chi connectivity index (χ0) is 14.6. The average molecular weight is 269 g/mol. The van der Waals surface area contributed by atoms with Gasteiger partial charge in [0.1, 0.15) is 17.0 Å². The number of nitrogens with one attached hydrogen (secondary N) is 1. The molecule has 0 saturated carbocycles. The first kappa shape index (κ1) is 14.9. The summed E-state index contributed by atoms with van der Waals surface area (Å²) in [4.78, 5) is 22.6. The van der Waals surface area contributed by atoms with Crippen LogP contribution in [0.25, 0.3) is 0 Å². The Morgan fingerprint density at radius 3 is 2.58 bits per heavy atom. The van der Waals surface area contributed by atoms with Crippen LogP contribution >= 0.6 is 0 Å². The van der Waals surface area contributed by atoms with Crippen molar-refractivity contribution in [3.05, 3.63) is 29.6 Å². The van der Waals surface area contributed by atoms with Gasteiger partial charge in [-0.3, -0.25) is 9.59 Å². The van der Waals surface area contributed by atoms with E-state index in [1.807, 2.05) is 0 Å². The normalized spacial score (nSPS) is 10.9. The van der Waals surface area contributed by atoms with Gasteiger partial charge in [0.05, 0.1) is 7.11 Å². The summed E-state index contributed by atoms with van der Waals surface area (Å²) in [6, 6.07) is 3.91. The number of carbonyl (C=O) groups is 2. The highest BCUT2D eigenvalue weighted by Gasteiger charge is 2.35. The molecule has 6 heteroatoms. The third kappa shape index (κ3) is 3.43. The van der Waals surface area contributed by atoms with Crippen LogP contribution in [0.15, 0.2) is 18.2 Å². The second kappa shape index (κ2) is 5.69. The molecular weight excluding hydrogens is 253 g/mol. The number of aliphatic carboxylic acids is 1. The fraction of sp³-hybridized carbons (Fsp3) is 0.385. The largest absolute Gasteiger partial charge is 0.496 e. The van der Waals surface area contributed by atoms with Gasteiger partial charge in [-0.1, -0.05) is 0 Å². The zero-order valence-electron chi connectivity index (χ0n) is 11.0. The van der Waals surface area contributed by atoms with Gasteiger partial charge in [-0.25, -0.2) is 4.39 Å². The number of methoxy groups -OCH3 is 1. The summed E-state index contributed by atoms with van der Waals surface area (Å²) in [5.74, 6) is -1.90. The van der Waals surface area contributed by atoms with E-state index in [4.69, 9.17) is 9.84 Å². The second-order valence-corrected chi connectivity index (χ2v) is 4.57. The number of amides is 1. The first-order chi connectivity index (χ1) is 8.78. The van der Waals surface area contributed by atoms with Crippen molar-refractivity contribution in [3.8, 4) is 5.75 Å². The van der Waals surface area contributed by atoms with Crippen LogP contribution in [-0.2, 0) is 16.1 Å². The molecule has 104 valence electrons. The fourth-order valence-electron chi connectivity index (χ4n) is 1.38. The molecule has 0 fully saturated rings. The molecule has 0 aliphatic rings.